The SMILES string of the molecule is O=C1CCC(N2C(=O)c3ccc(CN4CCCC5(CCCN5)C4)cc3C2=O)C(=O)N1. The molecule has 5 rings (SSSR count). The number of rotatable bonds is 3. The summed E-state index contributed by atoms with van der Waals surface area (Å²) < 4.78 is 0. The lowest BCUT2D eigenvalue weighted by Crippen LogP contribution is -2.54. The molecule has 0 aliphatic carbocycles. The number of nitrogens with one attached hydrogen (secondary N) is 2. The molecule has 158 valence electrons. The highest BCUT2D eigenvalue weighted by atomic mass is 16.2. The van der Waals surface area contributed by atoms with E-state index in [-0.39, 0.29) is 24.3 Å². The van der Waals surface area contributed by atoms with Gasteiger partial charge in [-0.15, -0.1) is 0 Å². The Balaban J connectivity index is 1.33. The number of carbonyl (C=O) groups excluding carboxylic acids is 4. The van der Waals surface area contributed by atoms with Crippen LogP contribution < -0.4 is 10.6 Å². The van der Waals surface area contributed by atoms with Crippen LogP contribution in [0, 0.1) is 0 Å². The van der Waals surface area contributed by atoms with E-state index in [1.807, 2.05) is 6.07 Å². The first-order chi connectivity index (χ1) is 14.5. The molecule has 4 heterocycles. The highest BCUT2D eigenvalue weighted by Crippen LogP contribution is 2.32. The molecule has 2 N–H and O–H groups in total. The van der Waals surface area contributed by atoms with Crippen molar-refractivity contribution in [1.29, 1.82) is 0 Å². The zero-order valence-corrected chi connectivity index (χ0v) is 16.9. The molecule has 8 heteroatoms. The van der Waals surface area contributed by atoms with Gasteiger partial charge in [-0.05, 0) is 62.9 Å². The van der Waals surface area contributed by atoms with Gasteiger partial charge in [-0.3, -0.25) is 34.3 Å². The lowest BCUT2D eigenvalue weighted by atomic mass is 9.87. The Morgan fingerprint density at radius 1 is 1.03 bits per heavy atom. The van der Waals surface area contributed by atoms with E-state index in [0.29, 0.717) is 11.1 Å². The summed E-state index contributed by atoms with van der Waals surface area (Å²) in [6.45, 7) is 3.84. The normalized spacial score (nSPS) is 29.6. The van der Waals surface area contributed by atoms with Crippen molar-refractivity contribution >= 4 is 23.6 Å². The number of benzene rings is 1. The van der Waals surface area contributed by atoms with E-state index in [1.54, 1.807) is 12.1 Å². The quantitative estimate of drug-likeness (QED) is 0.716. The highest BCUT2D eigenvalue weighted by molar-refractivity contribution is 6.23. The first kappa shape index (κ1) is 19.4. The zero-order chi connectivity index (χ0) is 20.9. The summed E-state index contributed by atoms with van der Waals surface area (Å²) in [5.74, 6) is -1.85. The maximum atomic E-state index is 13.0. The summed E-state index contributed by atoms with van der Waals surface area (Å²) in [7, 11) is 0. The molecule has 3 fully saturated rings. The molecular formula is C22H26N4O4. The smallest absolute Gasteiger partial charge is 0.262 e. The van der Waals surface area contributed by atoms with Gasteiger partial charge >= 0.3 is 0 Å². The number of carbonyl (C=O) groups is 4. The molecule has 2 unspecified atom stereocenters. The van der Waals surface area contributed by atoms with Crippen molar-refractivity contribution in [3.8, 4) is 0 Å². The van der Waals surface area contributed by atoms with Gasteiger partial charge < -0.3 is 5.32 Å². The number of fused-ring (bicyclic) bond motifs is 1. The van der Waals surface area contributed by atoms with E-state index in [4.69, 9.17) is 0 Å². The summed E-state index contributed by atoms with van der Waals surface area (Å²) in [4.78, 5) is 52.9. The standard InChI is InChI=1S/C22H26N4O4/c27-18-6-5-17(19(28)24-18)26-20(29)15-4-3-14(11-16(15)21(26)30)12-25-10-2-8-22(13-25)7-1-9-23-22/h3-4,11,17,23H,1-2,5-10,12-13H2,(H,24,27,28). The van der Waals surface area contributed by atoms with Crippen molar-refractivity contribution in [3.05, 3.63) is 34.9 Å². The van der Waals surface area contributed by atoms with Crippen molar-refractivity contribution in [2.75, 3.05) is 19.6 Å². The number of hydrogen-bond donors (Lipinski definition) is 2. The fourth-order valence-corrected chi connectivity index (χ4v) is 5.45. The van der Waals surface area contributed by atoms with E-state index in [9.17, 15) is 19.2 Å². The van der Waals surface area contributed by atoms with Gasteiger partial charge in [0.1, 0.15) is 6.04 Å². The predicted octanol–water partition coefficient (Wildman–Crippen LogP) is 0.806. The predicted molar refractivity (Wildman–Crippen MR) is 108 cm³/mol. The Hall–Kier alpha value is -2.58. The van der Waals surface area contributed by atoms with E-state index in [1.165, 1.54) is 19.3 Å². The Labute approximate surface area is 175 Å². The first-order valence-electron chi connectivity index (χ1n) is 10.8. The molecule has 0 radical (unpaired) electrons. The van der Waals surface area contributed by atoms with Crippen LogP contribution in [0.5, 0.6) is 0 Å². The van der Waals surface area contributed by atoms with Gasteiger partial charge in [0.2, 0.25) is 11.8 Å². The van der Waals surface area contributed by atoms with Crippen molar-refractivity contribution in [2.45, 2.75) is 56.7 Å². The van der Waals surface area contributed by atoms with Gasteiger partial charge in [0.25, 0.3) is 11.8 Å². The second-order valence-electron chi connectivity index (χ2n) is 8.95. The van der Waals surface area contributed by atoms with Crippen LogP contribution in [0.1, 0.15) is 64.8 Å². The average molecular weight is 410 g/mol. The lowest BCUT2D eigenvalue weighted by Gasteiger charge is -2.40. The van der Waals surface area contributed by atoms with Crippen LogP contribution in [0.2, 0.25) is 0 Å². The van der Waals surface area contributed by atoms with E-state index in [2.05, 4.69) is 15.5 Å². The molecule has 8 nitrogen and oxygen atoms in total. The fraction of sp³-hybridized carbons (Fsp3) is 0.545. The van der Waals surface area contributed by atoms with Gasteiger partial charge in [0.15, 0.2) is 0 Å². The topological polar surface area (TPSA) is 98.8 Å². The largest absolute Gasteiger partial charge is 0.310 e. The average Bonchev–Trinajstić information content (AvgIpc) is 3.25. The highest BCUT2D eigenvalue weighted by Gasteiger charge is 2.44. The summed E-state index contributed by atoms with van der Waals surface area (Å²) >= 11 is 0. The molecule has 1 aromatic carbocycles. The minimum atomic E-state index is -0.922. The monoisotopic (exact) mass is 410 g/mol. The third-order valence-electron chi connectivity index (χ3n) is 6.90. The van der Waals surface area contributed by atoms with Crippen LogP contribution in [0.25, 0.3) is 0 Å². The molecule has 1 spiro atoms. The van der Waals surface area contributed by atoms with Crippen molar-refractivity contribution in [1.82, 2.24) is 20.4 Å². The summed E-state index contributed by atoms with van der Waals surface area (Å²) in [5.41, 5.74) is 1.91. The van der Waals surface area contributed by atoms with Crippen molar-refractivity contribution in [2.24, 2.45) is 0 Å². The second-order valence-corrected chi connectivity index (χ2v) is 8.95. The zero-order valence-electron chi connectivity index (χ0n) is 16.9. The van der Waals surface area contributed by atoms with Crippen LogP contribution in [-0.2, 0) is 16.1 Å². The molecule has 4 aliphatic heterocycles. The maximum Gasteiger partial charge on any atom is 0.262 e. The van der Waals surface area contributed by atoms with Crippen LogP contribution in [0.3, 0.4) is 0 Å². The summed E-state index contributed by atoms with van der Waals surface area (Å²) in [5, 5.41) is 5.91. The van der Waals surface area contributed by atoms with Crippen LogP contribution in [0.15, 0.2) is 18.2 Å². The number of likely N-dealkylation sites (tertiary alicyclic amines) is 1. The van der Waals surface area contributed by atoms with Gasteiger partial charge in [0, 0.05) is 25.0 Å². The molecule has 1 aromatic rings. The number of nitrogens with zero attached hydrogens (tertiary/aromatic N) is 2. The molecule has 0 aromatic heterocycles. The maximum absolute atomic E-state index is 13.0. The van der Waals surface area contributed by atoms with Gasteiger partial charge in [-0.1, -0.05) is 6.07 Å². The first-order valence-corrected chi connectivity index (χ1v) is 10.8. The molecule has 30 heavy (non-hydrogen) atoms. The Kier molecular flexibility index (Phi) is 4.71. The van der Waals surface area contributed by atoms with Gasteiger partial charge in [-0.25, -0.2) is 0 Å². The summed E-state index contributed by atoms with van der Waals surface area (Å²) in [6, 6.07) is 4.48. The number of hydrogen-bond acceptors (Lipinski definition) is 6. The third-order valence-corrected chi connectivity index (χ3v) is 6.90. The number of piperidine rings is 2. The molecule has 4 amide bonds. The molecule has 2 atom stereocenters. The van der Waals surface area contributed by atoms with E-state index < -0.39 is 23.8 Å². The Bertz CT molecular complexity index is 937. The molecule has 0 bridgehead atoms. The minimum absolute atomic E-state index is 0.125. The fourth-order valence-electron chi connectivity index (χ4n) is 5.45. The van der Waals surface area contributed by atoms with Crippen molar-refractivity contribution < 1.29 is 19.2 Å². The Morgan fingerprint density at radius 3 is 2.60 bits per heavy atom. The molecule has 3 saturated heterocycles. The van der Waals surface area contributed by atoms with Gasteiger partial charge in [-0.2, -0.15) is 0 Å². The van der Waals surface area contributed by atoms with Crippen LogP contribution >= 0.6 is 0 Å². The summed E-state index contributed by atoms with van der Waals surface area (Å²) in [6.07, 6.45) is 5.09. The second kappa shape index (κ2) is 7.28. The molecule has 4 aliphatic rings. The van der Waals surface area contributed by atoms with Gasteiger partial charge in [0.05, 0.1) is 11.1 Å². The van der Waals surface area contributed by atoms with Crippen LogP contribution in [0.4, 0.5) is 0 Å². The lowest BCUT2D eigenvalue weighted by molar-refractivity contribution is -0.136. The van der Waals surface area contributed by atoms with Crippen molar-refractivity contribution in [3.63, 3.8) is 0 Å². The minimum Gasteiger partial charge on any atom is -0.310 e. The van der Waals surface area contributed by atoms with E-state index in [0.717, 1.165) is 43.1 Å². The van der Waals surface area contributed by atoms with Crippen LogP contribution in [-0.4, -0.2) is 64.6 Å². The molecular weight excluding hydrogens is 384 g/mol. The number of amides is 4. The number of imide groups is 2. The Morgan fingerprint density at radius 2 is 1.83 bits per heavy atom. The molecule has 0 saturated carbocycles. The van der Waals surface area contributed by atoms with E-state index >= 15 is 0 Å². The third kappa shape index (κ3) is 3.24.